The number of aryl methyl sites for hydroxylation is 1. The summed E-state index contributed by atoms with van der Waals surface area (Å²) < 4.78 is 16.9. The van der Waals surface area contributed by atoms with E-state index in [-0.39, 0.29) is 0 Å². The number of likely N-dealkylation sites (tertiary alicyclic amines) is 2. The van der Waals surface area contributed by atoms with Gasteiger partial charge in [0.15, 0.2) is 0 Å². The molecule has 5 nitrogen and oxygen atoms in total. The Hall–Kier alpha value is -1.56. The maximum atomic E-state index is 5.76. The number of piperidine rings is 1. The molecule has 142 valence electrons. The Morgan fingerprint density at radius 3 is 2.58 bits per heavy atom. The molecule has 4 rings (SSSR count). The van der Waals surface area contributed by atoms with Crippen molar-refractivity contribution in [3.8, 4) is 0 Å². The molecular formula is C21H30N2O3. The average molecular weight is 358 g/mol. The maximum Gasteiger partial charge on any atom is 0.118 e. The summed E-state index contributed by atoms with van der Waals surface area (Å²) in [5.74, 6) is 3.75. The molecule has 2 fully saturated rings. The van der Waals surface area contributed by atoms with Crippen LogP contribution < -0.4 is 0 Å². The van der Waals surface area contributed by atoms with Crippen LogP contribution >= 0.6 is 0 Å². The number of rotatable bonds is 6. The Morgan fingerprint density at radius 1 is 1.12 bits per heavy atom. The molecule has 2 aromatic rings. The van der Waals surface area contributed by atoms with Gasteiger partial charge in [-0.25, -0.2) is 0 Å². The van der Waals surface area contributed by atoms with Gasteiger partial charge in [0.2, 0.25) is 0 Å². The highest BCUT2D eigenvalue weighted by atomic mass is 16.5. The first kappa shape index (κ1) is 17.8. The van der Waals surface area contributed by atoms with Crippen LogP contribution in [0.4, 0.5) is 0 Å². The van der Waals surface area contributed by atoms with Gasteiger partial charge in [-0.05, 0) is 62.5 Å². The van der Waals surface area contributed by atoms with Gasteiger partial charge >= 0.3 is 0 Å². The van der Waals surface area contributed by atoms with Crippen LogP contribution in [0.25, 0.3) is 0 Å². The summed E-state index contributed by atoms with van der Waals surface area (Å²) in [6, 6.07) is 8.21. The monoisotopic (exact) mass is 358 g/mol. The second kappa shape index (κ2) is 7.59. The zero-order chi connectivity index (χ0) is 18.0. The molecule has 0 aromatic carbocycles. The minimum atomic E-state index is 0.373. The molecule has 0 radical (unpaired) electrons. The Morgan fingerprint density at radius 2 is 1.92 bits per heavy atom. The summed E-state index contributed by atoms with van der Waals surface area (Å²) in [5.41, 5.74) is 0.373. The maximum absolute atomic E-state index is 5.76. The molecule has 4 heterocycles. The van der Waals surface area contributed by atoms with Crippen molar-refractivity contribution < 1.29 is 13.6 Å². The van der Waals surface area contributed by atoms with Gasteiger partial charge in [-0.1, -0.05) is 0 Å². The summed E-state index contributed by atoms with van der Waals surface area (Å²) in [5, 5.41) is 0. The smallest absolute Gasteiger partial charge is 0.118 e. The molecule has 0 N–H and O–H groups in total. The number of hydrogen-bond donors (Lipinski definition) is 0. The predicted octanol–water partition coefficient (Wildman–Crippen LogP) is 3.54. The molecule has 0 saturated carbocycles. The second-order valence-electron chi connectivity index (χ2n) is 8.05. The summed E-state index contributed by atoms with van der Waals surface area (Å²) in [6.07, 6.45) is 4.23. The number of furan rings is 2. The molecule has 0 unspecified atom stereocenters. The molecule has 0 bridgehead atoms. The van der Waals surface area contributed by atoms with E-state index in [9.17, 15) is 0 Å². The normalized spacial score (nSPS) is 23.8. The van der Waals surface area contributed by atoms with E-state index in [1.807, 2.05) is 20.1 Å². The molecule has 1 spiro atoms. The topological polar surface area (TPSA) is 42.0 Å². The lowest BCUT2D eigenvalue weighted by molar-refractivity contribution is 0.0330. The van der Waals surface area contributed by atoms with Crippen LogP contribution in [-0.2, 0) is 17.8 Å². The Balaban J connectivity index is 1.38. The summed E-state index contributed by atoms with van der Waals surface area (Å²) in [6.45, 7) is 9.21. The van der Waals surface area contributed by atoms with Crippen molar-refractivity contribution in [3.63, 3.8) is 0 Å². The summed E-state index contributed by atoms with van der Waals surface area (Å²) in [7, 11) is 1.83. The fraction of sp³-hybridized carbons (Fsp3) is 0.619. The number of hydrogen-bond acceptors (Lipinski definition) is 5. The van der Waals surface area contributed by atoms with E-state index in [1.54, 1.807) is 6.26 Å². The van der Waals surface area contributed by atoms with Gasteiger partial charge in [0, 0.05) is 26.1 Å². The van der Waals surface area contributed by atoms with Crippen LogP contribution in [0.1, 0.15) is 30.1 Å². The molecular weight excluding hydrogens is 328 g/mol. The van der Waals surface area contributed by atoms with Crippen molar-refractivity contribution in [2.75, 3.05) is 39.9 Å². The highest BCUT2D eigenvalue weighted by Crippen LogP contribution is 2.45. The average Bonchev–Trinajstić information content (AvgIpc) is 3.34. The molecule has 1 atom stereocenters. The van der Waals surface area contributed by atoms with E-state index < -0.39 is 0 Å². The summed E-state index contributed by atoms with van der Waals surface area (Å²) >= 11 is 0. The van der Waals surface area contributed by atoms with Gasteiger partial charge in [0.05, 0.1) is 26.0 Å². The van der Waals surface area contributed by atoms with Gasteiger partial charge < -0.3 is 13.6 Å². The number of ether oxygens (including phenoxy) is 1. The Kier molecular flexibility index (Phi) is 5.20. The third-order valence-electron chi connectivity index (χ3n) is 6.24. The van der Waals surface area contributed by atoms with Crippen molar-refractivity contribution in [2.45, 2.75) is 32.9 Å². The Labute approximate surface area is 155 Å². The highest BCUT2D eigenvalue weighted by molar-refractivity contribution is 5.07. The molecule has 2 aliphatic rings. The van der Waals surface area contributed by atoms with Crippen LogP contribution in [0.15, 0.2) is 39.4 Å². The third kappa shape index (κ3) is 3.75. The minimum Gasteiger partial charge on any atom is -0.468 e. The van der Waals surface area contributed by atoms with Crippen molar-refractivity contribution in [3.05, 3.63) is 47.8 Å². The first-order valence-electron chi connectivity index (χ1n) is 9.68. The van der Waals surface area contributed by atoms with E-state index in [0.29, 0.717) is 11.3 Å². The van der Waals surface area contributed by atoms with E-state index in [1.165, 1.54) is 12.8 Å². The van der Waals surface area contributed by atoms with Gasteiger partial charge in [0.25, 0.3) is 0 Å². The molecule has 0 amide bonds. The predicted molar refractivity (Wildman–Crippen MR) is 99.7 cm³/mol. The zero-order valence-corrected chi connectivity index (χ0v) is 15.9. The lowest BCUT2D eigenvalue weighted by Crippen LogP contribution is -2.44. The van der Waals surface area contributed by atoms with Crippen LogP contribution in [0.3, 0.4) is 0 Å². The fourth-order valence-electron chi connectivity index (χ4n) is 4.83. The van der Waals surface area contributed by atoms with E-state index >= 15 is 0 Å². The van der Waals surface area contributed by atoms with Gasteiger partial charge in [-0.3, -0.25) is 9.80 Å². The minimum absolute atomic E-state index is 0.373. The van der Waals surface area contributed by atoms with Gasteiger partial charge in [0.1, 0.15) is 17.3 Å². The third-order valence-corrected chi connectivity index (χ3v) is 6.24. The molecule has 2 aliphatic heterocycles. The van der Waals surface area contributed by atoms with Crippen molar-refractivity contribution in [1.29, 1.82) is 0 Å². The quantitative estimate of drug-likeness (QED) is 0.790. The first-order chi connectivity index (χ1) is 12.7. The van der Waals surface area contributed by atoms with Crippen molar-refractivity contribution in [1.82, 2.24) is 9.80 Å². The molecule has 5 heteroatoms. The largest absolute Gasteiger partial charge is 0.468 e. The van der Waals surface area contributed by atoms with Crippen molar-refractivity contribution >= 4 is 0 Å². The van der Waals surface area contributed by atoms with Crippen LogP contribution in [0.2, 0.25) is 0 Å². The van der Waals surface area contributed by atoms with Crippen LogP contribution in [0, 0.1) is 18.3 Å². The summed E-state index contributed by atoms with van der Waals surface area (Å²) in [4.78, 5) is 5.08. The van der Waals surface area contributed by atoms with Crippen LogP contribution in [-0.4, -0.2) is 49.7 Å². The van der Waals surface area contributed by atoms with Crippen LogP contribution in [0.5, 0.6) is 0 Å². The zero-order valence-electron chi connectivity index (χ0n) is 15.9. The lowest BCUT2D eigenvalue weighted by atomic mass is 9.71. The molecule has 0 aliphatic carbocycles. The van der Waals surface area contributed by atoms with E-state index in [4.69, 9.17) is 13.6 Å². The Bertz CT molecular complexity index is 686. The first-order valence-corrected chi connectivity index (χ1v) is 9.68. The lowest BCUT2D eigenvalue weighted by Gasteiger charge is -2.42. The second-order valence-corrected chi connectivity index (χ2v) is 8.05. The molecule has 2 aromatic heterocycles. The SMILES string of the molecule is COC[C@@H]1CN(Cc2ccco2)CC12CCN(Cc1ccc(C)o1)CC2. The standard InChI is InChI=1S/C21H30N2O3/c1-17-5-6-20(26-17)14-22-9-7-21(8-10-22)16-23(12-18(21)15-24-2)13-19-4-3-11-25-19/h3-6,11,18H,7-10,12-16H2,1-2H3/t18-/m0/s1. The number of nitrogens with zero attached hydrogens (tertiary/aromatic N) is 2. The van der Waals surface area contributed by atoms with E-state index in [2.05, 4.69) is 28.0 Å². The van der Waals surface area contributed by atoms with Crippen molar-refractivity contribution in [2.24, 2.45) is 11.3 Å². The van der Waals surface area contributed by atoms with Gasteiger partial charge in [-0.2, -0.15) is 0 Å². The molecule has 26 heavy (non-hydrogen) atoms. The van der Waals surface area contributed by atoms with E-state index in [0.717, 1.165) is 63.2 Å². The number of methoxy groups -OCH3 is 1. The fourth-order valence-corrected chi connectivity index (χ4v) is 4.83. The molecule has 2 saturated heterocycles. The van der Waals surface area contributed by atoms with Gasteiger partial charge in [-0.15, -0.1) is 0 Å². The highest BCUT2D eigenvalue weighted by Gasteiger charge is 2.47.